The minimum absolute atomic E-state index is 0.114. The molecule has 2 N–H and O–H groups in total. The van der Waals surface area contributed by atoms with Crippen LogP contribution in [0.3, 0.4) is 0 Å². The summed E-state index contributed by atoms with van der Waals surface area (Å²) in [5, 5.41) is 8.88. The fraction of sp³-hybridized carbons (Fsp3) is 1.00. The Balaban J connectivity index is 2.62. The largest absolute Gasteiger partial charge is 0.395 e. The van der Waals surface area contributed by atoms with Gasteiger partial charge >= 0.3 is 0 Å². The average molecular weight is 249 g/mol. The summed E-state index contributed by atoms with van der Waals surface area (Å²) in [6, 6.07) is -0.355. The molecule has 5 heteroatoms. The molecule has 16 heavy (non-hydrogen) atoms. The van der Waals surface area contributed by atoms with E-state index in [0.29, 0.717) is 0 Å². The summed E-state index contributed by atoms with van der Waals surface area (Å²) in [4.78, 5) is 0. The van der Waals surface area contributed by atoms with E-state index in [-0.39, 0.29) is 23.8 Å². The molecule has 0 spiro atoms. The van der Waals surface area contributed by atoms with Gasteiger partial charge < -0.3 is 5.11 Å². The second-order valence-electron chi connectivity index (χ2n) is 4.96. The van der Waals surface area contributed by atoms with Crippen molar-refractivity contribution in [3.8, 4) is 0 Å². The highest BCUT2D eigenvalue weighted by atomic mass is 32.2. The Hall–Kier alpha value is -0.130. The number of aliphatic hydroxyl groups is 1. The normalized spacial score (nSPS) is 21.2. The first-order valence-corrected chi connectivity index (χ1v) is 7.64. The molecule has 96 valence electrons. The van der Waals surface area contributed by atoms with E-state index in [1.165, 1.54) is 0 Å². The van der Waals surface area contributed by atoms with Crippen LogP contribution in [0.2, 0.25) is 0 Å². The first kappa shape index (κ1) is 13.9. The van der Waals surface area contributed by atoms with E-state index in [0.717, 1.165) is 32.1 Å². The molecule has 4 nitrogen and oxygen atoms in total. The van der Waals surface area contributed by atoms with Gasteiger partial charge in [-0.15, -0.1) is 0 Å². The third kappa shape index (κ3) is 3.71. The Labute approximate surface area is 98.5 Å². The second kappa shape index (κ2) is 5.98. The van der Waals surface area contributed by atoms with Gasteiger partial charge in [0, 0.05) is 6.04 Å². The van der Waals surface area contributed by atoms with Crippen molar-refractivity contribution in [3.05, 3.63) is 0 Å². The lowest BCUT2D eigenvalue weighted by atomic mass is 10.0. The van der Waals surface area contributed by atoms with Gasteiger partial charge in [0.2, 0.25) is 10.0 Å². The fourth-order valence-electron chi connectivity index (χ4n) is 2.07. The van der Waals surface area contributed by atoms with Crippen LogP contribution in [0.5, 0.6) is 0 Å². The van der Waals surface area contributed by atoms with E-state index in [1.54, 1.807) is 0 Å². The summed E-state index contributed by atoms with van der Waals surface area (Å²) < 4.78 is 26.7. The van der Waals surface area contributed by atoms with Gasteiger partial charge in [-0.05, 0) is 18.8 Å². The lowest BCUT2D eigenvalue weighted by molar-refractivity contribution is 0.227. The van der Waals surface area contributed by atoms with E-state index in [1.807, 2.05) is 13.8 Å². The van der Waals surface area contributed by atoms with Crippen LogP contribution < -0.4 is 4.72 Å². The van der Waals surface area contributed by atoms with Crippen LogP contribution in [0, 0.1) is 5.92 Å². The van der Waals surface area contributed by atoms with Gasteiger partial charge in [0.25, 0.3) is 0 Å². The first-order valence-electron chi connectivity index (χ1n) is 6.09. The molecule has 1 aliphatic carbocycles. The highest BCUT2D eigenvalue weighted by molar-refractivity contribution is 7.90. The molecule has 0 unspecified atom stereocenters. The molecule has 0 aromatic heterocycles. The molecule has 0 amide bonds. The Morgan fingerprint density at radius 3 is 2.25 bits per heavy atom. The molecular formula is C11H23NO3S. The molecule has 1 fully saturated rings. The van der Waals surface area contributed by atoms with Crippen molar-refractivity contribution in [1.29, 1.82) is 0 Å². The Morgan fingerprint density at radius 1 is 1.25 bits per heavy atom. The van der Waals surface area contributed by atoms with Crippen molar-refractivity contribution < 1.29 is 13.5 Å². The lowest BCUT2D eigenvalue weighted by Gasteiger charge is -2.26. The SMILES string of the molecule is CC(C)[C@@H](CO)NS(=O)(=O)C1CCCCC1. The monoisotopic (exact) mass is 249 g/mol. The van der Waals surface area contributed by atoms with Crippen LogP contribution >= 0.6 is 0 Å². The van der Waals surface area contributed by atoms with Crippen molar-refractivity contribution in [2.24, 2.45) is 5.92 Å². The third-order valence-electron chi connectivity index (χ3n) is 3.31. The molecule has 0 bridgehead atoms. The summed E-state index contributed by atoms with van der Waals surface area (Å²) in [6.45, 7) is 3.68. The summed E-state index contributed by atoms with van der Waals surface area (Å²) in [7, 11) is -3.25. The Morgan fingerprint density at radius 2 is 1.81 bits per heavy atom. The van der Waals surface area contributed by atoms with Gasteiger partial charge in [-0.2, -0.15) is 0 Å². The standard InChI is InChI=1S/C11H23NO3S/c1-9(2)11(8-13)12-16(14,15)10-6-4-3-5-7-10/h9-13H,3-8H2,1-2H3/t11-/m1/s1. The lowest BCUT2D eigenvalue weighted by Crippen LogP contribution is -2.45. The maximum atomic E-state index is 12.0. The van der Waals surface area contributed by atoms with E-state index >= 15 is 0 Å². The minimum atomic E-state index is -3.25. The Kier molecular flexibility index (Phi) is 5.21. The predicted molar refractivity (Wildman–Crippen MR) is 64.6 cm³/mol. The molecule has 0 aliphatic heterocycles. The van der Waals surface area contributed by atoms with E-state index in [4.69, 9.17) is 5.11 Å². The highest BCUT2D eigenvalue weighted by Crippen LogP contribution is 2.23. The summed E-state index contributed by atoms with van der Waals surface area (Å²) >= 11 is 0. The van der Waals surface area contributed by atoms with E-state index in [9.17, 15) is 8.42 Å². The minimum Gasteiger partial charge on any atom is -0.395 e. The van der Waals surface area contributed by atoms with E-state index < -0.39 is 10.0 Å². The number of hydrogen-bond acceptors (Lipinski definition) is 3. The molecule has 0 radical (unpaired) electrons. The molecule has 1 atom stereocenters. The van der Waals surface area contributed by atoms with Crippen molar-refractivity contribution >= 4 is 10.0 Å². The van der Waals surface area contributed by atoms with E-state index in [2.05, 4.69) is 4.72 Å². The maximum absolute atomic E-state index is 12.0. The molecule has 0 heterocycles. The van der Waals surface area contributed by atoms with Crippen molar-refractivity contribution in [2.75, 3.05) is 6.61 Å². The predicted octanol–water partition coefficient (Wildman–Crippen LogP) is 1.26. The van der Waals surface area contributed by atoms with Crippen LogP contribution in [-0.2, 0) is 10.0 Å². The van der Waals surface area contributed by atoms with Crippen LogP contribution in [0.25, 0.3) is 0 Å². The van der Waals surface area contributed by atoms with Crippen LogP contribution in [0.1, 0.15) is 46.0 Å². The summed E-state index contributed by atoms with van der Waals surface area (Å²) in [5.41, 5.74) is 0. The summed E-state index contributed by atoms with van der Waals surface area (Å²) in [5.74, 6) is 0.114. The number of sulfonamides is 1. The first-order chi connectivity index (χ1) is 7.47. The molecule has 1 aliphatic rings. The van der Waals surface area contributed by atoms with Crippen LogP contribution in [0.4, 0.5) is 0 Å². The Bertz CT molecular complexity index is 294. The zero-order valence-electron chi connectivity index (χ0n) is 10.1. The number of rotatable bonds is 5. The average Bonchev–Trinajstić information content (AvgIpc) is 2.27. The zero-order chi connectivity index (χ0) is 12.2. The molecule has 0 aromatic rings. The van der Waals surface area contributed by atoms with Gasteiger partial charge in [0.1, 0.15) is 0 Å². The molecule has 0 saturated heterocycles. The van der Waals surface area contributed by atoms with Crippen molar-refractivity contribution in [3.63, 3.8) is 0 Å². The number of nitrogens with one attached hydrogen (secondary N) is 1. The van der Waals surface area contributed by atoms with Gasteiger partial charge in [0.15, 0.2) is 0 Å². The van der Waals surface area contributed by atoms with Gasteiger partial charge in [-0.1, -0.05) is 33.1 Å². The smallest absolute Gasteiger partial charge is 0.214 e. The van der Waals surface area contributed by atoms with Crippen molar-refractivity contribution in [1.82, 2.24) is 4.72 Å². The second-order valence-corrected chi connectivity index (χ2v) is 6.95. The third-order valence-corrected chi connectivity index (χ3v) is 5.29. The van der Waals surface area contributed by atoms with Gasteiger partial charge in [-0.3, -0.25) is 0 Å². The zero-order valence-corrected chi connectivity index (χ0v) is 11.0. The van der Waals surface area contributed by atoms with Crippen molar-refractivity contribution in [2.45, 2.75) is 57.2 Å². The molecule has 1 rings (SSSR count). The van der Waals surface area contributed by atoms with Crippen LogP contribution in [-0.4, -0.2) is 31.4 Å². The molecular weight excluding hydrogens is 226 g/mol. The quantitative estimate of drug-likeness (QED) is 0.771. The highest BCUT2D eigenvalue weighted by Gasteiger charge is 2.29. The topological polar surface area (TPSA) is 66.4 Å². The number of hydrogen-bond donors (Lipinski definition) is 2. The molecule has 0 aromatic carbocycles. The van der Waals surface area contributed by atoms with Gasteiger partial charge in [-0.25, -0.2) is 13.1 Å². The fourth-order valence-corrected chi connectivity index (χ4v) is 3.98. The van der Waals surface area contributed by atoms with Crippen LogP contribution in [0.15, 0.2) is 0 Å². The molecule has 1 saturated carbocycles. The van der Waals surface area contributed by atoms with Gasteiger partial charge in [0.05, 0.1) is 11.9 Å². The number of aliphatic hydroxyl groups excluding tert-OH is 1. The summed E-state index contributed by atoms with van der Waals surface area (Å²) in [6.07, 6.45) is 4.64. The maximum Gasteiger partial charge on any atom is 0.214 e.